The lowest BCUT2D eigenvalue weighted by Crippen LogP contribution is -2.54. The van der Waals surface area contributed by atoms with E-state index in [2.05, 4.69) is 20.6 Å². The van der Waals surface area contributed by atoms with Crippen molar-refractivity contribution in [3.05, 3.63) is 113 Å². The second-order valence-corrected chi connectivity index (χ2v) is 8.04. The van der Waals surface area contributed by atoms with E-state index in [0.29, 0.717) is 0 Å². The summed E-state index contributed by atoms with van der Waals surface area (Å²) in [4.78, 5) is 39.6. The Morgan fingerprint density at radius 2 is 1.29 bits per heavy atom. The lowest BCUT2D eigenvalue weighted by molar-refractivity contribution is -0.194. The number of esters is 3. The Labute approximate surface area is 220 Å². The molecule has 192 valence electrons. The Morgan fingerprint density at radius 1 is 0.763 bits per heavy atom. The van der Waals surface area contributed by atoms with Crippen LogP contribution in [0.3, 0.4) is 0 Å². The third-order valence-electron chi connectivity index (χ3n) is 5.58. The molecule has 3 aromatic carbocycles. The molecule has 0 radical (unpaired) electrons. The monoisotopic (exact) mass is 517 g/mol. The van der Waals surface area contributed by atoms with Gasteiger partial charge in [0.05, 0.1) is 27.4 Å². The summed E-state index contributed by atoms with van der Waals surface area (Å²) in [6, 6.07) is 17.4. The van der Waals surface area contributed by atoms with Gasteiger partial charge in [0.25, 0.3) is 0 Å². The van der Waals surface area contributed by atoms with Crippen molar-refractivity contribution < 1.29 is 37.4 Å². The van der Waals surface area contributed by atoms with E-state index in [0.717, 1.165) is 0 Å². The first kappa shape index (κ1) is 21.2. The largest absolute Gasteiger partial charge is 0.452 e. The Morgan fingerprint density at radius 3 is 1.79 bits per heavy atom. The molecule has 1 N–H and O–H groups in total. The fraction of sp³-hybridized carbons (Fsp3) is 0.185. The van der Waals surface area contributed by atoms with Crippen molar-refractivity contribution in [1.82, 2.24) is 20.6 Å². The molecule has 5 rings (SSSR count). The first-order chi connectivity index (χ1) is 19.8. The number of nitrogens with one attached hydrogen (secondary N) is 1. The first-order valence-corrected chi connectivity index (χ1v) is 11.5. The van der Waals surface area contributed by atoms with Gasteiger partial charge in [-0.25, -0.2) is 14.4 Å². The van der Waals surface area contributed by atoms with E-state index in [1.165, 1.54) is 36.4 Å². The molecule has 38 heavy (non-hydrogen) atoms. The lowest BCUT2D eigenvalue weighted by atomic mass is 9.98. The van der Waals surface area contributed by atoms with Gasteiger partial charge >= 0.3 is 17.9 Å². The number of carbonyl (C=O) groups excluding carboxylic acids is 3. The van der Waals surface area contributed by atoms with Crippen LogP contribution in [0.2, 0.25) is 0 Å². The minimum absolute atomic E-state index is 0.0369. The molecule has 4 aromatic rings. The lowest BCUT2D eigenvalue weighted by Gasteiger charge is -2.39. The third kappa shape index (κ3) is 5.57. The molecule has 0 spiro atoms. The van der Waals surface area contributed by atoms with Gasteiger partial charge in [0, 0.05) is 0 Å². The van der Waals surface area contributed by atoms with E-state index < -0.39 is 42.3 Å². The number of tetrazole rings is 1. The number of benzene rings is 3. The molecule has 2 heterocycles. The summed E-state index contributed by atoms with van der Waals surface area (Å²) in [5, 5.41) is 13.6. The number of H-pyrrole nitrogens is 1. The smallest absolute Gasteiger partial charge is 0.338 e. The number of ether oxygens (including phenoxy) is 4. The molecule has 4 atom stereocenters. The molecular weight excluding hydrogens is 492 g/mol. The summed E-state index contributed by atoms with van der Waals surface area (Å²) in [6.45, 7) is -0.339. The van der Waals surface area contributed by atoms with Gasteiger partial charge in [0.15, 0.2) is 24.4 Å². The summed E-state index contributed by atoms with van der Waals surface area (Å²) in [7, 11) is 0. The van der Waals surface area contributed by atoms with Crippen LogP contribution in [0.5, 0.6) is 0 Å². The summed E-state index contributed by atoms with van der Waals surface area (Å²) in [5.74, 6) is -2.82. The van der Waals surface area contributed by atoms with E-state index >= 15 is 0 Å². The highest BCUT2D eigenvalue weighted by Crippen LogP contribution is 2.33. The predicted octanol–water partition coefficient (Wildman–Crippen LogP) is 2.95. The van der Waals surface area contributed by atoms with E-state index in [1.807, 2.05) is 0 Å². The number of hydrogen-bond acceptors (Lipinski definition) is 10. The zero-order valence-electron chi connectivity index (χ0n) is 22.6. The van der Waals surface area contributed by atoms with Crippen molar-refractivity contribution in [3.8, 4) is 0 Å². The highest BCUT2D eigenvalue weighted by molar-refractivity contribution is 5.91. The summed E-state index contributed by atoms with van der Waals surface area (Å²) >= 11 is 0. The maximum atomic E-state index is 13.3. The van der Waals surface area contributed by atoms with E-state index in [1.54, 1.807) is 36.4 Å². The Hall–Kier alpha value is -4.90. The summed E-state index contributed by atoms with van der Waals surface area (Å²) in [5.41, 5.74) is -0.215. The van der Waals surface area contributed by atoms with Crippen LogP contribution in [-0.2, 0) is 18.9 Å². The molecule has 0 amide bonds. The van der Waals surface area contributed by atoms with Crippen LogP contribution in [0.25, 0.3) is 0 Å². The number of aromatic nitrogens is 4. The van der Waals surface area contributed by atoms with Crippen molar-refractivity contribution in [3.63, 3.8) is 0 Å². The maximum Gasteiger partial charge on any atom is 0.338 e. The van der Waals surface area contributed by atoms with Gasteiger partial charge in [0.1, 0.15) is 0 Å². The Kier molecular flexibility index (Phi) is 6.38. The van der Waals surface area contributed by atoms with Crippen LogP contribution in [0.15, 0.2) is 90.9 Å². The topological polar surface area (TPSA) is 143 Å². The number of hydrogen-bond donors (Lipinski definition) is 1. The molecule has 11 nitrogen and oxygen atoms in total. The molecule has 1 aromatic heterocycles. The summed E-state index contributed by atoms with van der Waals surface area (Å²) < 4.78 is 47.3. The van der Waals surface area contributed by atoms with Gasteiger partial charge in [-0.2, -0.15) is 5.21 Å². The van der Waals surface area contributed by atoms with Crippen molar-refractivity contribution in [1.29, 1.82) is 0 Å². The van der Waals surface area contributed by atoms with Crippen LogP contribution in [-0.4, -0.2) is 63.5 Å². The minimum Gasteiger partial charge on any atom is -0.452 e. The zero-order chi connectivity index (χ0) is 28.9. The fourth-order valence-corrected chi connectivity index (χ4v) is 3.79. The van der Waals surface area contributed by atoms with Gasteiger partial charge < -0.3 is 18.9 Å². The van der Waals surface area contributed by atoms with Gasteiger partial charge in [-0.3, -0.25) is 0 Å². The normalized spacial score (nSPS) is 21.8. The molecule has 1 aliphatic heterocycles. The van der Waals surface area contributed by atoms with E-state index in [9.17, 15) is 14.4 Å². The first-order valence-electron chi connectivity index (χ1n) is 13.0. The molecular formula is C27H22N4O7. The summed E-state index contributed by atoms with van der Waals surface area (Å²) in [6.07, 6.45) is -5.52. The minimum atomic E-state index is -1.49. The quantitative estimate of drug-likeness (QED) is 0.287. The molecule has 0 aliphatic carbocycles. The van der Waals surface area contributed by atoms with Crippen LogP contribution in [0.4, 0.5) is 0 Å². The second kappa shape index (κ2) is 11.4. The standard InChI is InChI=1S/C27H22N4O7/c32-25(17-10-4-1-5-11-17)36-20-16-35-23(24-28-30-31-29-24)22(38-27(34)19-14-8-3-9-15-19)21(20)37-26(33)18-12-6-2-7-13-18/h1-15,20-23H,16H2,(H,28,29,30,31)/t20-,21+,22-,23?/m1/s1/i10D,12D,14D. The molecule has 0 bridgehead atoms. The van der Waals surface area contributed by atoms with Gasteiger partial charge in [-0.15, -0.1) is 10.2 Å². The van der Waals surface area contributed by atoms with Crippen LogP contribution < -0.4 is 0 Å². The second-order valence-electron chi connectivity index (χ2n) is 8.04. The Balaban J connectivity index is 1.52. The fourth-order valence-electron chi connectivity index (χ4n) is 3.79. The van der Waals surface area contributed by atoms with Crippen LogP contribution in [0, 0.1) is 0 Å². The van der Waals surface area contributed by atoms with Crippen molar-refractivity contribution >= 4 is 17.9 Å². The number of carbonyl (C=O) groups is 3. The zero-order valence-corrected chi connectivity index (χ0v) is 19.6. The molecule has 0 saturated carbocycles. The van der Waals surface area contributed by atoms with Gasteiger partial charge in [-0.1, -0.05) is 59.8 Å². The predicted molar refractivity (Wildman–Crippen MR) is 130 cm³/mol. The van der Waals surface area contributed by atoms with E-state index in [-0.39, 0.29) is 47.2 Å². The molecule has 1 fully saturated rings. The van der Waals surface area contributed by atoms with E-state index in [4.69, 9.17) is 23.1 Å². The average molecular weight is 518 g/mol. The number of aromatic amines is 1. The number of rotatable bonds is 7. The van der Waals surface area contributed by atoms with Gasteiger partial charge in [0.2, 0.25) is 5.82 Å². The molecule has 11 heteroatoms. The molecule has 1 unspecified atom stereocenters. The van der Waals surface area contributed by atoms with Crippen molar-refractivity contribution in [2.75, 3.05) is 6.61 Å². The van der Waals surface area contributed by atoms with Gasteiger partial charge in [-0.05, 0) is 36.3 Å². The third-order valence-corrected chi connectivity index (χ3v) is 5.58. The highest BCUT2D eigenvalue weighted by Gasteiger charge is 2.50. The average Bonchev–Trinajstić information content (AvgIpc) is 3.50. The van der Waals surface area contributed by atoms with Crippen LogP contribution >= 0.6 is 0 Å². The highest BCUT2D eigenvalue weighted by atomic mass is 16.6. The van der Waals surface area contributed by atoms with Crippen molar-refractivity contribution in [2.45, 2.75) is 24.4 Å². The van der Waals surface area contributed by atoms with Crippen LogP contribution in [0.1, 0.15) is 47.1 Å². The number of nitrogens with zero attached hydrogens (tertiary/aromatic N) is 3. The maximum absolute atomic E-state index is 13.3. The van der Waals surface area contributed by atoms with Crippen molar-refractivity contribution in [2.24, 2.45) is 0 Å². The SMILES string of the molecule is [2H]c1ccccc1C(=O)O[C@H]1[C@H](OC(=O)c2ccccc2[2H])COC(c2nn[nH]n2)[C@@H]1OC(=O)c1ccccc1[2H]. The molecule has 1 saturated heterocycles. The molecule has 1 aliphatic rings. The Bertz CT molecular complexity index is 1570.